The highest BCUT2D eigenvalue weighted by Gasteiger charge is 2.52. The molecule has 4 aliphatic heterocycles. The Bertz CT molecular complexity index is 3100. The molecule has 7 rings (SSSR count). The number of hydrogen-bond donors (Lipinski definition) is 3. The van der Waals surface area contributed by atoms with Crippen molar-refractivity contribution in [2.45, 2.75) is 216 Å². The quantitative estimate of drug-likeness (QED) is 0.252. The normalized spacial score (nSPS) is 27.8. The summed E-state index contributed by atoms with van der Waals surface area (Å²) in [5.74, 6) is -9.16. The average Bonchev–Trinajstić information content (AvgIpc) is 1.74. The molecule has 4 saturated heterocycles. The van der Waals surface area contributed by atoms with E-state index in [1.165, 1.54) is 75.0 Å². The van der Waals surface area contributed by atoms with Crippen molar-refractivity contribution in [1.29, 1.82) is 0 Å². The third-order valence-corrected chi connectivity index (χ3v) is 21.5. The second-order valence-electron chi connectivity index (χ2n) is 28.1. The lowest BCUT2D eigenvalue weighted by Gasteiger charge is -2.44. The fraction of sp³-hybridized carbons (Fsp3) is 0.739. The van der Waals surface area contributed by atoms with Crippen molar-refractivity contribution in [2.75, 3.05) is 102 Å². The molecule has 99 heavy (non-hydrogen) atoms. The van der Waals surface area contributed by atoms with Gasteiger partial charge in [-0.1, -0.05) is 83.9 Å². The van der Waals surface area contributed by atoms with Crippen molar-refractivity contribution in [3.05, 3.63) is 34.3 Å². The van der Waals surface area contributed by atoms with Crippen molar-refractivity contribution >= 4 is 82.5 Å². The highest BCUT2D eigenvalue weighted by atomic mass is 35.5. The van der Waals surface area contributed by atoms with Gasteiger partial charge >= 0.3 is 6.18 Å². The number of hydrogen-bond acceptors (Lipinski definition) is 14. The number of likely N-dealkylation sites (N-methyl/N-ethyl adjacent to an activating group) is 7. The van der Waals surface area contributed by atoms with E-state index in [0.717, 1.165) is 51.0 Å². The number of fused-ring (bicyclic) bond motifs is 3. The van der Waals surface area contributed by atoms with Crippen LogP contribution in [-0.2, 0) is 79.6 Å². The van der Waals surface area contributed by atoms with Crippen LogP contribution in [0.25, 0.3) is 0 Å². The molecule has 2 bridgehead atoms. The van der Waals surface area contributed by atoms with Gasteiger partial charge in [-0.05, 0) is 107 Å². The Morgan fingerprint density at radius 2 is 1.31 bits per heavy atom. The number of carbonyl (C=O) groups is 12. The number of aryl methyl sites for hydroxylation is 1. The molecule has 0 radical (unpaired) electrons. The lowest BCUT2D eigenvalue weighted by atomic mass is 9.81. The minimum Gasteiger partial charge on any atom is -0.379 e. The molecule has 2 unspecified atom stereocenters. The number of nitrogens with zero attached hydrogens (tertiary/aromatic N) is 9. The molecule has 26 nitrogen and oxygen atoms in total. The Morgan fingerprint density at radius 3 is 1.92 bits per heavy atom. The Morgan fingerprint density at radius 1 is 0.687 bits per heavy atom. The molecule has 552 valence electrons. The molecule has 0 aromatic heterocycles. The van der Waals surface area contributed by atoms with E-state index in [1.807, 2.05) is 13.8 Å². The van der Waals surface area contributed by atoms with E-state index >= 15 is 28.8 Å². The summed E-state index contributed by atoms with van der Waals surface area (Å²) in [4.78, 5) is 189. The predicted octanol–water partition coefficient (Wildman–Crippen LogP) is 3.62. The summed E-state index contributed by atoms with van der Waals surface area (Å²) in [7, 11) is 9.66. The van der Waals surface area contributed by atoms with E-state index in [9.17, 15) is 41.9 Å². The minimum atomic E-state index is -4.77. The largest absolute Gasteiger partial charge is 0.417 e. The highest BCUT2D eigenvalue weighted by molar-refractivity contribution is 6.31. The molecule has 2 saturated carbocycles. The second-order valence-corrected chi connectivity index (χ2v) is 28.5. The summed E-state index contributed by atoms with van der Waals surface area (Å²) in [5.41, 5.74) is -2.39. The van der Waals surface area contributed by atoms with E-state index in [0.29, 0.717) is 57.8 Å². The monoisotopic (exact) mass is 1420 g/mol. The molecule has 4 heterocycles. The summed E-state index contributed by atoms with van der Waals surface area (Å²) >= 11 is 6.13. The number of ether oxygens (including phenoxy) is 2. The molecule has 2 aliphatic carbocycles. The van der Waals surface area contributed by atoms with Gasteiger partial charge in [-0.15, -0.1) is 0 Å². The summed E-state index contributed by atoms with van der Waals surface area (Å²) in [5, 5.41) is 8.02. The van der Waals surface area contributed by atoms with Crippen molar-refractivity contribution in [3.63, 3.8) is 0 Å². The molecule has 10 atom stereocenters. The molecule has 6 aliphatic rings. The van der Waals surface area contributed by atoms with Gasteiger partial charge in [-0.2, -0.15) is 13.2 Å². The number of alkyl halides is 3. The van der Waals surface area contributed by atoms with Crippen molar-refractivity contribution in [1.82, 2.24) is 60.0 Å². The molecule has 1 aromatic rings. The number of halogens is 4. The maximum absolute atomic E-state index is 15.9. The van der Waals surface area contributed by atoms with Gasteiger partial charge < -0.3 is 69.5 Å². The Hall–Kier alpha value is -7.14. The van der Waals surface area contributed by atoms with Gasteiger partial charge in [0.25, 0.3) is 0 Å². The second kappa shape index (κ2) is 35.0. The van der Waals surface area contributed by atoms with Gasteiger partial charge in [0.05, 0.1) is 68.5 Å². The number of benzene rings is 1. The van der Waals surface area contributed by atoms with Gasteiger partial charge in [0, 0.05) is 62.5 Å². The summed E-state index contributed by atoms with van der Waals surface area (Å²) in [6, 6.07) is -6.67. The molecular formula is C69H104ClF3N12O14. The SMILES string of the molecule is CCCOC[C@H]1C(=O)N(C)CC(=O)N[C@@H](CCc2ccc(C(F)(F)F)c(Cl)c2)C(=O)N2CCC[C@H]2C(=O)NC2(CCCC2)C(=O)N(C)[C@@H](C2CCCCC2)C(=O)N(C)[C@H](C(=O)N2C3CCC2COC3)CC(=O)N(C)[C@@H](CC)C(=O)N[C@@H]([C@@H](C)CC)C(=O)N(C)CC(=O)N(C)CC(=O)N1C. The standard InChI is InChI=1S/C69H104ClF3N12O14/c1-12-33-98-41-53-63(93)78(6)36-54(86)74-49(29-25-43-24-28-47(48(70)34-43)69(71,72)73)62(92)84-32-20-23-51(84)61(91)76-68(30-18-19-31-68)67(97)83(11)59(44-21-16-15-17-22-44)66(96)82(10)52(64(94)85-45-26-27-46(85)40-99-39-45)35-55(87)80(8)50(14-3)60(90)75-58(42(4)13-2)65(95)79(7)37-56(88)77(5)38-57(89)81(53)9/h24,28,34,42,44-46,49-53,58-59H,12-23,25-27,29-33,35-41H2,1-11H3,(H,74,86)(H,75,90)(H,76,91)/t42-,45?,46?,49-,50-,51-,52-,53-,58-,59-/m0/s1. The average molecular weight is 1420 g/mol. The van der Waals surface area contributed by atoms with E-state index in [1.54, 1.807) is 18.7 Å². The Labute approximate surface area is 584 Å². The Balaban J connectivity index is 1.28. The van der Waals surface area contributed by atoms with E-state index in [2.05, 4.69) is 16.0 Å². The van der Waals surface area contributed by atoms with Crippen molar-refractivity contribution < 1.29 is 80.2 Å². The fourth-order valence-corrected chi connectivity index (χ4v) is 15.3. The third-order valence-electron chi connectivity index (χ3n) is 21.2. The first-order valence-electron chi connectivity index (χ1n) is 35.2. The topological polar surface area (TPSA) is 289 Å². The molecular weight excluding hydrogens is 1310 g/mol. The molecule has 12 amide bonds. The van der Waals surface area contributed by atoms with Gasteiger partial charge in [0.1, 0.15) is 47.8 Å². The van der Waals surface area contributed by atoms with Crippen LogP contribution < -0.4 is 16.0 Å². The summed E-state index contributed by atoms with van der Waals surface area (Å²) < 4.78 is 53.2. The van der Waals surface area contributed by atoms with Gasteiger partial charge in [0.2, 0.25) is 70.9 Å². The van der Waals surface area contributed by atoms with E-state index < -0.39 is 173 Å². The lowest BCUT2D eigenvalue weighted by molar-refractivity contribution is -0.159. The lowest BCUT2D eigenvalue weighted by Crippen LogP contribution is -2.65. The van der Waals surface area contributed by atoms with Crippen LogP contribution in [-0.4, -0.2) is 277 Å². The fourth-order valence-electron chi connectivity index (χ4n) is 15.0. The van der Waals surface area contributed by atoms with Crippen LogP contribution in [0.3, 0.4) is 0 Å². The first-order chi connectivity index (χ1) is 46.8. The molecule has 1 spiro atoms. The summed E-state index contributed by atoms with van der Waals surface area (Å²) in [6.45, 7) is 5.55. The predicted molar refractivity (Wildman–Crippen MR) is 358 cm³/mol. The zero-order chi connectivity index (χ0) is 73.0. The van der Waals surface area contributed by atoms with Crippen LogP contribution in [0.1, 0.15) is 154 Å². The number of carbonyl (C=O) groups excluding carboxylic acids is 12. The van der Waals surface area contributed by atoms with Crippen LogP contribution in [0, 0.1) is 11.8 Å². The van der Waals surface area contributed by atoms with E-state index in [-0.39, 0.29) is 89.1 Å². The van der Waals surface area contributed by atoms with Crippen LogP contribution in [0.5, 0.6) is 0 Å². The van der Waals surface area contributed by atoms with Crippen molar-refractivity contribution in [3.8, 4) is 0 Å². The van der Waals surface area contributed by atoms with Crippen LogP contribution in [0.2, 0.25) is 5.02 Å². The van der Waals surface area contributed by atoms with E-state index in [4.69, 9.17) is 21.1 Å². The number of morpholine rings is 1. The van der Waals surface area contributed by atoms with Gasteiger partial charge in [-0.25, -0.2) is 0 Å². The number of amides is 12. The van der Waals surface area contributed by atoms with Crippen LogP contribution in [0.4, 0.5) is 13.2 Å². The molecule has 30 heteroatoms. The Kier molecular flexibility index (Phi) is 28.0. The highest BCUT2D eigenvalue weighted by Crippen LogP contribution is 2.39. The summed E-state index contributed by atoms with van der Waals surface area (Å²) in [6.07, 6.45) is 1.71. The van der Waals surface area contributed by atoms with Gasteiger partial charge in [-0.3, -0.25) is 57.5 Å². The maximum atomic E-state index is 15.9. The zero-order valence-corrected chi connectivity index (χ0v) is 60.2. The zero-order valence-electron chi connectivity index (χ0n) is 59.4. The molecule has 3 N–H and O–H groups in total. The number of rotatable bonds is 12. The van der Waals surface area contributed by atoms with Crippen LogP contribution >= 0.6 is 11.6 Å². The van der Waals surface area contributed by atoms with Gasteiger partial charge in [0.15, 0.2) is 0 Å². The smallest absolute Gasteiger partial charge is 0.379 e. The maximum Gasteiger partial charge on any atom is 0.417 e. The minimum absolute atomic E-state index is 0.0176. The first kappa shape index (κ1) is 79.2. The first-order valence-corrected chi connectivity index (χ1v) is 35.5. The molecule has 6 fully saturated rings. The number of nitrogens with one attached hydrogen (secondary N) is 3. The van der Waals surface area contributed by atoms with Crippen molar-refractivity contribution in [2.24, 2.45) is 11.8 Å². The van der Waals surface area contributed by atoms with Crippen LogP contribution in [0.15, 0.2) is 18.2 Å². The molecule has 1 aromatic carbocycles. The third kappa shape index (κ3) is 18.9.